The van der Waals surface area contributed by atoms with Crippen molar-refractivity contribution in [3.63, 3.8) is 0 Å². The van der Waals surface area contributed by atoms with Crippen LogP contribution in [0.1, 0.15) is 24.8 Å². The van der Waals surface area contributed by atoms with Gasteiger partial charge < -0.3 is 10.2 Å². The van der Waals surface area contributed by atoms with Crippen LogP contribution in [0.15, 0.2) is 43.0 Å². The van der Waals surface area contributed by atoms with Crippen molar-refractivity contribution in [3.05, 3.63) is 48.6 Å². The quantitative estimate of drug-likeness (QED) is 0.692. The highest BCUT2D eigenvalue weighted by Crippen LogP contribution is 2.10. The summed E-state index contributed by atoms with van der Waals surface area (Å²) in [4.78, 5) is 0. The van der Waals surface area contributed by atoms with Crippen LogP contribution >= 0.6 is 0 Å². The molecule has 0 aliphatic heterocycles. The summed E-state index contributed by atoms with van der Waals surface area (Å²) in [5, 5.41) is 19.2. The third-order valence-electron chi connectivity index (χ3n) is 2.59. The zero-order valence-corrected chi connectivity index (χ0v) is 9.55. The van der Waals surface area contributed by atoms with E-state index in [-0.39, 0.29) is 0 Å². The molecule has 0 bridgehead atoms. The largest absolute Gasteiger partial charge is 0.393 e. The molecule has 0 heterocycles. The van der Waals surface area contributed by atoms with E-state index >= 15 is 0 Å². The molecule has 0 aromatic heterocycles. The highest BCUT2D eigenvalue weighted by atomic mass is 16.3. The second-order valence-corrected chi connectivity index (χ2v) is 4.09. The molecule has 0 fully saturated rings. The van der Waals surface area contributed by atoms with Gasteiger partial charge in [0.15, 0.2) is 0 Å². The number of hydrogen-bond donors (Lipinski definition) is 2. The lowest BCUT2D eigenvalue weighted by Crippen LogP contribution is -2.17. The van der Waals surface area contributed by atoms with Crippen LogP contribution in [-0.2, 0) is 6.42 Å². The van der Waals surface area contributed by atoms with E-state index in [0.717, 1.165) is 6.42 Å². The Balaban J connectivity index is 2.25. The molecular formula is C14H20O2. The fraction of sp³-hybridized carbons (Fsp3) is 0.429. The van der Waals surface area contributed by atoms with Crippen molar-refractivity contribution in [2.75, 3.05) is 0 Å². The zero-order chi connectivity index (χ0) is 11.8. The van der Waals surface area contributed by atoms with Crippen molar-refractivity contribution in [2.45, 2.75) is 37.9 Å². The summed E-state index contributed by atoms with van der Waals surface area (Å²) in [6.45, 7) is 3.56. The summed E-state index contributed by atoms with van der Waals surface area (Å²) in [6, 6.07) is 10.1. The SMILES string of the molecule is C=CC[C@H](O)C[C@H](O)CCc1ccccc1. The topological polar surface area (TPSA) is 40.5 Å². The van der Waals surface area contributed by atoms with Gasteiger partial charge in [0, 0.05) is 0 Å². The van der Waals surface area contributed by atoms with Gasteiger partial charge in [0.2, 0.25) is 0 Å². The lowest BCUT2D eigenvalue weighted by atomic mass is 10.0. The molecule has 2 heteroatoms. The Labute approximate surface area is 97.2 Å². The molecule has 0 spiro atoms. The fourth-order valence-corrected chi connectivity index (χ4v) is 1.70. The number of aryl methyl sites for hydroxylation is 1. The predicted molar refractivity (Wildman–Crippen MR) is 66.2 cm³/mol. The van der Waals surface area contributed by atoms with Crippen LogP contribution in [0.4, 0.5) is 0 Å². The van der Waals surface area contributed by atoms with Crippen LogP contribution in [0.5, 0.6) is 0 Å². The van der Waals surface area contributed by atoms with E-state index in [4.69, 9.17) is 0 Å². The molecule has 0 radical (unpaired) electrons. The molecule has 0 unspecified atom stereocenters. The van der Waals surface area contributed by atoms with Gasteiger partial charge in [0.1, 0.15) is 0 Å². The standard InChI is InChI=1S/C14H20O2/c1-2-6-13(15)11-14(16)10-9-12-7-4-3-5-8-12/h2-5,7-8,13-16H,1,6,9-11H2/t13-,14+/m0/s1. The Morgan fingerprint density at radius 3 is 2.44 bits per heavy atom. The van der Waals surface area contributed by atoms with Crippen molar-refractivity contribution < 1.29 is 10.2 Å². The molecule has 1 aromatic rings. The lowest BCUT2D eigenvalue weighted by molar-refractivity contribution is 0.0775. The summed E-state index contributed by atoms with van der Waals surface area (Å²) >= 11 is 0. The average molecular weight is 220 g/mol. The highest BCUT2D eigenvalue weighted by molar-refractivity contribution is 5.14. The molecule has 0 saturated carbocycles. The maximum Gasteiger partial charge on any atom is 0.0599 e. The van der Waals surface area contributed by atoms with Crippen LogP contribution in [0, 0.1) is 0 Å². The van der Waals surface area contributed by atoms with E-state index in [2.05, 4.69) is 6.58 Å². The van der Waals surface area contributed by atoms with Gasteiger partial charge in [-0.2, -0.15) is 0 Å². The molecule has 0 aliphatic rings. The number of rotatable bonds is 7. The van der Waals surface area contributed by atoms with E-state index in [1.54, 1.807) is 6.08 Å². The maximum absolute atomic E-state index is 9.71. The first-order valence-electron chi connectivity index (χ1n) is 5.73. The minimum atomic E-state index is -0.469. The van der Waals surface area contributed by atoms with E-state index in [1.165, 1.54) is 5.56 Å². The third-order valence-corrected chi connectivity index (χ3v) is 2.59. The molecule has 88 valence electrons. The van der Waals surface area contributed by atoms with Gasteiger partial charge in [0.25, 0.3) is 0 Å². The maximum atomic E-state index is 9.71. The van der Waals surface area contributed by atoms with E-state index in [0.29, 0.717) is 19.3 Å². The van der Waals surface area contributed by atoms with Crippen LogP contribution < -0.4 is 0 Å². The normalized spacial score (nSPS) is 14.4. The second kappa shape index (κ2) is 7.20. The lowest BCUT2D eigenvalue weighted by Gasteiger charge is -2.14. The van der Waals surface area contributed by atoms with Gasteiger partial charge in [0.05, 0.1) is 12.2 Å². The van der Waals surface area contributed by atoms with Gasteiger partial charge in [-0.25, -0.2) is 0 Å². The fourth-order valence-electron chi connectivity index (χ4n) is 1.70. The van der Waals surface area contributed by atoms with Crippen molar-refractivity contribution in [1.82, 2.24) is 0 Å². The summed E-state index contributed by atoms with van der Waals surface area (Å²) in [6.07, 6.45) is 3.29. The van der Waals surface area contributed by atoms with Gasteiger partial charge in [-0.05, 0) is 31.2 Å². The second-order valence-electron chi connectivity index (χ2n) is 4.09. The van der Waals surface area contributed by atoms with E-state index in [9.17, 15) is 10.2 Å². The van der Waals surface area contributed by atoms with Gasteiger partial charge in [-0.1, -0.05) is 36.4 Å². The number of hydrogen-bond acceptors (Lipinski definition) is 2. The van der Waals surface area contributed by atoms with Crippen LogP contribution in [-0.4, -0.2) is 22.4 Å². The minimum Gasteiger partial charge on any atom is -0.393 e. The molecule has 2 nitrogen and oxygen atoms in total. The smallest absolute Gasteiger partial charge is 0.0599 e. The van der Waals surface area contributed by atoms with Crippen molar-refractivity contribution in [2.24, 2.45) is 0 Å². The Bertz CT molecular complexity index is 295. The predicted octanol–water partition coefficient (Wildman–Crippen LogP) is 2.31. The van der Waals surface area contributed by atoms with Gasteiger partial charge in [-0.15, -0.1) is 6.58 Å². The Morgan fingerprint density at radius 2 is 1.81 bits per heavy atom. The number of aliphatic hydroxyl groups is 2. The third kappa shape index (κ3) is 5.10. The van der Waals surface area contributed by atoms with Gasteiger partial charge in [-0.3, -0.25) is 0 Å². The molecule has 0 amide bonds. The molecule has 16 heavy (non-hydrogen) atoms. The molecule has 1 rings (SSSR count). The van der Waals surface area contributed by atoms with Gasteiger partial charge >= 0.3 is 0 Å². The van der Waals surface area contributed by atoms with Crippen LogP contribution in [0.25, 0.3) is 0 Å². The molecule has 2 N–H and O–H groups in total. The van der Waals surface area contributed by atoms with Crippen LogP contribution in [0.2, 0.25) is 0 Å². The first-order chi connectivity index (χ1) is 7.72. The Kier molecular flexibility index (Phi) is 5.83. The summed E-state index contributed by atoms with van der Waals surface area (Å²) in [7, 11) is 0. The Hall–Kier alpha value is -1.12. The minimum absolute atomic E-state index is 0.429. The zero-order valence-electron chi connectivity index (χ0n) is 9.55. The highest BCUT2D eigenvalue weighted by Gasteiger charge is 2.10. The number of benzene rings is 1. The van der Waals surface area contributed by atoms with Crippen molar-refractivity contribution >= 4 is 0 Å². The molecule has 0 aliphatic carbocycles. The molecule has 2 atom stereocenters. The first kappa shape index (κ1) is 12.9. The summed E-state index contributed by atoms with van der Waals surface area (Å²) < 4.78 is 0. The van der Waals surface area contributed by atoms with E-state index in [1.807, 2.05) is 30.3 Å². The molecule has 1 aromatic carbocycles. The summed E-state index contributed by atoms with van der Waals surface area (Å²) in [5.74, 6) is 0. The monoisotopic (exact) mass is 220 g/mol. The van der Waals surface area contributed by atoms with Crippen molar-refractivity contribution in [1.29, 1.82) is 0 Å². The Morgan fingerprint density at radius 1 is 1.12 bits per heavy atom. The van der Waals surface area contributed by atoms with Crippen LogP contribution in [0.3, 0.4) is 0 Å². The molecular weight excluding hydrogens is 200 g/mol. The van der Waals surface area contributed by atoms with Crippen molar-refractivity contribution in [3.8, 4) is 0 Å². The summed E-state index contributed by atoms with van der Waals surface area (Å²) in [5.41, 5.74) is 1.22. The number of aliphatic hydroxyl groups excluding tert-OH is 2. The average Bonchev–Trinajstić information content (AvgIpc) is 2.28. The first-order valence-corrected chi connectivity index (χ1v) is 5.73. The molecule has 0 saturated heterocycles. The van der Waals surface area contributed by atoms with E-state index < -0.39 is 12.2 Å².